The number of hydrogen-bond donors (Lipinski definition) is 1. The van der Waals surface area contributed by atoms with Gasteiger partial charge in [-0.3, -0.25) is 0 Å². The first-order valence-electron chi connectivity index (χ1n) is 7.06. The van der Waals surface area contributed by atoms with Gasteiger partial charge in [0.1, 0.15) is 5.75 Å². The molecule has 0 radical (unpaired) electrons. The highest BCUT2D eigenvalue weighted by Crippen LogP contribution is 2.41. The monoisotopic (exact) mass is 268 g/mol. The lowest BCUT2D eigenvalue weighted by atomic mass is 9.88. The zero-order valence-corrected chi connectivity index (χ0v) is 12.0. The van der Waals surface area contributed by atoms with Gasteiger partial charge in [-0.15, -0.1) is 0 Å². The van der Waals surface area contributed by atoms with Gasteiger partial charge in [0.25, 0.3) is 0 Å². The topological polar surface area (TPSA) is 29.5 Å². The molecule has 0 fully saturated rings. The molecule has 20 heavy (non-hydrogen) atoms. The summed E-state index contributed by atoms with van der Waals surface area (Å²) >= 11 is 0. The fourth-order valence-electron chi connectivity index (χ4n) is 3.04. The van der Waals surface area contributed by atoms with E-state index in [1.54, 1.807) is 7.11 Å². The summed E-state index contributed by atoms with van der Waals surface area (Å²) in [4.78, 5) is 0. The van der Waals surface area contributed by atoms with Crippen LogP contribution < -0.4 is 4.74 Å². The van der Waals surface area contributed by atoms with Crippen molar-refractivity contribution in [3.05, 3.63) is 64.7 Å². The lowest BCUT2D eigenvalue weighted by Crippen LogP contribution is -2.25. The zero-order valence-electron chi connectivity index (χ0n) is 12.0. The van der Waals surface area contributed by atoms with Crippen LogP contribution in [-0.2, 0) is 18.4 Å². The summed E-state index contributed by atoms with van der Waals surface area (Å²) in [5.74, 6) is 0.813. The van der Waals surface area contributed by atoms with E-state index in [0.29, 0.717) is 6.42 Å². The maximum Gasteiger partial charge on any atom is 0.119 e. The van der Waals surface area contributed by atoms with Gasteiger partial charge in [-0.2, -0.15) is 0 Å². The number of aliphatic hydroxyl groups is 1. The van der Waals surface area contributed by atoms with Crippen molar-refractivity contribution in [2.24, 2.45) is 0 Å². The van der Waals surface area contributed by atoms with Gasteiger partial charge < -0.3 is 9.84 Å². The molecule has 104 valence electrons. The molecule has 3 rings (SSSR count). The van der Waals surface area contributed by atoms with E-state index < -0.39 is 5.60 Å². The molecule has 0 aliphatic heterocycles. The number of rotatable bonds is 3. The molecule has 2 heteroatoms. The lowest BCUT2D eigenvalue weighted by Gasteiger charge is -2.24. The minimum atomic E-state index is -0.765. The van der Waals surface area contributed by atoms with E-state index in [2.05, 4.69) is 37.3 Å². The van der Waals surface area contributed by atoms with Gasteiger partial charge in [-0.25, -0.2) is 0 Å². The van der Waals surface area contributed by atoms with E-state index >= 15 is 0 Å². The van der Waals surface area contributed by atoms with Crippen LogP contribution >= 0.6 is 0 Å². The third-order valence-electron chi connectivity index (χ3n) is 4.24. The van der Waals surface area contributed by atoms with Crippen molar-refractivity contribution in [1.82, 2.24) is 0 Å². The van der Waals surface area contributed by atoms with Crippen molar-refractivity contribution in [2.75, 3.05) is 7.11 Å². The first kappa shape index (κ1) is 13.2. The smallest absolute Gasteiger partial charge is 0.119 e. The molecule has 2 nitrogen and oxygen atoms in total. The first-order valence-corrected chi connectivity index (χ1v) is 7.06. The van der Waals surface area contributed by atoms with E-state index in [0.717, 1.165) is 24.2 Å². The molecule has 0 saturated heterocycles. The lowest BCUT2D eigenvalue weighted by molar-refractivity contribution is 0.0388. The Hall–Kier alpha value is -1.80. The van der Waals surface area contributed by atoms with Gasteiger partial charge in [0.05, 0.1) is 12.7 Å². The van der Waals surface area contributed by atoms with Gasteiger partial charge >= 0.3 is 0 Å². The number of fused-ring (bicyclic) bond motifs is 1. The summed E-state index contributed by atoms with van der Waals surface area (Å²) < 4.78 is 5.29. The summed E-state index contributed by atoms with van der Waals surface area (Å²) in [5.41, 5.74) is 3.92. The van der Waals surface area contributed by atoms with Gasteiger partial charge in [0.15, 0.2) is 0 Å². The van der Waals surface area contributed by atoms with E-state index in [-0.39, 0.29) is 0 Å². The Kier molecular flexibility index (Phi) is 3.27. The molecule has 1 aliphatic carbocycles. The molecule has 2 aromatic carbocycles. The predicted octanol–water partition coefficient (Wildman–Crippen LogP) is 3.38. The van der Waals surface area contributed by atoms with Crippen molar-refractivity contribution >= 4 is 0 Å². The van der Waals surface area contributed by atoms with Crippen LogP contribution in [0.2, 0.25) is 0 Å². The molecule has 0 bridgehead atoms. The summed E-state index contributed by atoms with van der Waals surface area (Å²) in [6.45, 7) is 2.08. The Labute approximate surface area is 120 Å². The fourth-order valence-corrected chi connectivity index (χ4v) is 3.04. The fraction of sp³-hybridized carbons (Fsp3) is 0.333. The average Bonchev–Trinajstić information content (AvgIpc) is 2.78. The van der Waals surface area contributed by atoms with E-state index in [1.165, 1.54) is 16.7 Å². The van der Waals surface area contributed by atoms with Crippen LogP contribution in [0.3, 0.4) is 0 Å². The quantitative estimate of drug-likeness (QED) is 0.924. The molecule has 2 aromatic rings. The summed E-state index contributed by atoms with van der Waals surface area (Å²) in [6, 6.07) is 14.4. The van der Waals surface area contributed by atoms with E-state index in [4.69, 9.17) is 4.74 Å². The van der Waals surface area contributed by atoms with Crippen LogP contribution in [0.1, 0.15) is 28.7 Å². The van der Waals surface area contributed by atoms with Gasteiger partial charge in [0.2, 0.25) is 0 Å². The van der Waals surface area contributed by atoms with Crippen molar-refractivity contribution in [2.45, 2.75) is 31.8 Å². The van der Waals surface area contributed by atoms with Crippen molar-refractivity contribution in [3.63, 3.8) is 0 Å². The minimum absolute atomic E-state index is 0.660. The first-order chi connectivity index (χ1) is 9.60. The summed E-state index contributed by atoms with van der Waals surface area (Å²) in [6.07, 6.45) is 2.37. The molecule has 0 aromatic heterocycles. The zero-order chi connectivity index (χ0) is 14.2. The molecule has 0 spiro atoms. The third-order valence-corrected chi connectivity index (χ3v) is 4.24. The number of methoxy groups -OCH3 is 1. The molecule has 0 amide bonds. The van der Waals surface area contributed by atoms with Crippen LogP contribution in [0.4, 0.5) is 0 Å². The second-order valence-electron chi connectivity index (χ2n) is 5.72. The summed E-state index contributed by atoms with van der Waals surface area (Å²) in [5, 5.41) is 11.0. The van der Waals surface area contributed by atoms with E-state index in [1.807, 2.05) is 12.1 Å². The standard InChI is InChI=1S/C18H20O2/c1-13-3-5-14(6-4-13)12-18(19)10-9-15-7-8-16(20-2)11-17(15)18/h3-8,11,19H,9-10,12H2,1-2H3. The number of benzene rings is 2. The normalized spacial score (nSPS) is 20.8. The molecular weight excluding hydrogens is 248 g/mol. The highest BCUT2D eigenvalue weighted by Gasteiger charge is 2.36. The highest BCUT2D eigenvalue weighted by atomic mass is 16.5. The largest absolute Gasteiger partial charge is 0.497 e. The SMILES string of the molecule is COc1ccc2c(c1)C(O)(Cc1ccc(C)cc1)CC2. The van der Waals surface area contributed by atoms with Crippen molar-refractivity contribution < 1.29 is 9.84 Å². The second-order valence-corrected chi connectivity index (χ2v) is 5.72. The number of hydrogen-bond acceptors (Lipinski definition) is 2. The van der Waals surface area contributed by atoms with Crippen LogP contribution in [0.5, 0.6) is 5.75 Å². The Bertz CT molecular complexity index is 616. The maximum absolute atomic E-state index is 11.0. The van der Waals surface area contributed by atoms with Gasteiger partial charge in [0, 0.05) is 6.42 Å². The van der Waals surface area contributed by atoms with Gasteiger partial charge in [-0.1, -0.05) is 35.9 Å². The summed E-state index contributed by atoms with van der Waals surface area (Å²) in [7, 11) is 1.66. The molecule has 1 atom stereocenters. The molecule has 1 N–H and O–H groups in total. The van der Waals surface area contributed by atoms with Crippen LogP contribution in [-0.4, -0.2) is 12.2 Å². The second kappa shape index (κ2) is 4.95. The van der Waals surface area contributed by atoms with Crippen LogP contribution in [0, 0.1) is 6.92 Å². The van der Waals surface area contributed by atoms with Crippen LogP contribution in [0.15, 0.2) is 42.5 Å². The van der Waals surface area contributed by atoms with Crippen molar-refractivity contribution in [1.29, 1.82) is 0 Å². The Morgan fingerprint density at radius 2 is 1.90 bits per heavy atom. The molecule has 0 saturated carbocycles. The molecule has 1 aliphatic rings. The number of aryl methyl sites for hydroxylation is 2. The van der Waals surface area contributed by atoms with Crippen LogP contribution in [0.25, 0.3) is 0 Å². The maximum atomic E-state index is 11.0. The van der Waals surface area contributed by atoms with Gasteiger partial charge in [-0.05, 0) is 48.6 Å². The third kappa shape index (κ3) is 2.32. The number of ether oxygens (including phenoxy) is 1. The minimum Gasteiger partial charge on any atom is -0.497 e. The predicted molar refractivity (Wildman–Crippen MR) is 80.1 cm³/mol. The Morgan fingerprint density at radius 1 is 1.15 bits per heavy atom. The van der Waals surface area contributed by atoms with E-state index in [9.17, 15) is 5.11 Å². The molecule has 1 unspecified atom stereocenters. The molecule has 0 heterocycles. The average molecular weight is 268 g/mol. The molecular formula is C18H20O2. The Morgan fingerprint density at radius 3 is 2.60 bits per heavy atom. The highest BCUT2D eigenvalue weighted by molar-refractivity contribution is 5.44. The Balaban J connectivity index is 1.93. The van der Waals surface area contributed by atoms with Crippen molar-refractivity contribution in [3.8, 4) is 5.75 Å².